The SMILES string of the molecule is [2H]c1c([2H])c([2H])c2c(-c3ccc(-c4ccc5ccc6c7ccccc7oc6c5c4)cc3)c3c([2H])c([2H])c([2H])c([2H])c3c(Br)c2c1[2H]. The monoisotopic (exact) mass is 556 g/mol. The van der Waals surface area contributed by atoms with Gasteiger partial charge in [0.15, 0.2) is 0 Å². The lowest BCUT2D eigenvalue weighted by Crippen LogP contribution is -1.88. The molecule has 0 aliphatic rings. The van der Waals surface area contributed by atoms with Crippen molar-refractivity contribution in [1.82, 2.24) is 0 Å². The molecule has 1 nitrogen and oxygen atoms in total. The molecule has 0 saturated carbocycles. The van der Waals surface area contributed by atoms with Crippen LogP contribution in [0.3, 0.4) is 0 Å². The second kappa shape index (κ2) is 8.31. The fourth-order valence-corrected chi connectivity index (χ4v) is 5.97. The average Bonchev–Trinajstić information content (AvgIpc) is 3.46. The molecular formula is C36H21BrO. The van der Waals surface area contributed by atoms with Gasteiger partial charge in [-0.25, -0.2) is 0 Å². The minimum absolute atomic E-state index is 0.159. The number of para-hydroxylation sites is 1. The number of hydrogen-bond donors (Lipinski definition) is 0. The first-order valence-electron chi connectivity index (χ1n) is 16.1. The Morgan fingerprint density at radius 3 is 1.87 bits per heavy atom. The molecule has 8 aromatic rings. The van der Waals surface area contributed by atoms with Gasteiger partial charge in [0.2, 0.25) is 0 Å². The molecule has 0 unspecified atom stereocenters. The number of rotatable bonds is 2. The third-order valence-corrected chi connectivity index (χ3v) is 7.98. The topological polar surface area (TPSA) is 13.1 Å². The molecule has 0 atom stereocenters. The van der Waals surface area contributed by atoms with E-state index >= 15 is 0 Å². The third-order valence-electron chi connectivity index (χ3n) is 7.18. The number of furan rings is 1. The van der Waals surface area contributed by atoms with Crippen molar-refractivity contribution >= 4 is 70.2 Å². The Hall–Kier alpha value is -4.40. The van der Waals surface area contributed by atoms with Gasteiger partial charge in [-0.05, 0) is 83.3 Å². The lowest BCUT2D eigenvalue weighted by atomic mass is 9.91. The summed E-state index contributed by atoms with van der Waals surface area (Å²) in [6, 6.07) is 22.9. The molecule has 0 radical (unpaired) electrons. The van der Waals surface area contributed by atoms with Crippen molar-refractivity contribution in [2.45, 2.75) is 0 Å². The molecule has 1 heterocycles. The Morgan fingerprint density at radius 2 is 1.13 bits per heavy atom. The third kappa shape index (κ3) is 3.17. The summed E-state index contributed by atoms with van der Waals surface area (Å²) in [5, 5.41) is 4.80. The highest BCUT2D eigenvalue weighted by atomic mass is 79.9. The highest BCUT2D eigenvalue weighted by Crippen LogP contribution is 2.42. The van der Waals surface area contributed by atoms with Gasteiger partial charge < -0.3 is 4.42 Å². The molecule has 0 fully saturated rings. The van der Waals surface area contributed by atoms with Crippen molar-refractivity contribution in [1.29, 1.82) is 0 Å². The second-order valence-electron chi connectivity index (χ2n) is 9.24. The van der Waals surface area contributed by atoms with Crippen molar-refractivity contribution in [3.63, 3.8) is 0 Å². The molecule has 0 amide bonds. The van der Waals surface area contributed by atoms with Crippen molar-refractivity contribution in [3.05, 3.63) is 132 Å². The van der Waals surface area contributed by atoms with E-state index in [2.05, 4.69) is 34.1 Å². The van der Waals surface area contributed by atoms with E-state index in [9.17, 15) is 0 Å². The van der Waals surface area contributed by atoms with Gasteiger partial charge in [0.1, 0.15) is 11.2 Å². The Kier molecular flexibility index (Phi) is 3.30. The summed E-state index contributed by atoms with van der Waals surface area (Å²) in [6.07, 6.45) is 0. The largest absolute Gasteiger partial charge is 0.455 e. The van der Waals surface area contributed by atoms with Gasteiger partial charge in [0.25, 0.3) is 0 Å². The highest BCUT2D eigenvalue weighted by Gasteiger charge is 2.14. The van der Waals surface area contributed by atoms with Crippen LogP contribution in [-0.4, -0.2) is 0 Å². The standard InChI is InChI=1S/C36H21BrO/c37-35-29-10-3-1-8-27(29)34(28-9-2-4-11-30(28)35)24-16-13-22(14-17-24)25-18-15-23-19-20-31-26-7-5-6-12-33(26)38-36(31)32(23)21-25/h1-21H/i1D,2D,3D,4D,8D,9D,10D,11D. The molecule has 178 valence electrons. The Labute approximate surface area is 239 Å². The summed E-state index contributed by atoms with van der Waals surface area (Å²) >= 11 is 3.46. The molecular weight excluding hydrogens is 528 g/mol. The Balaban J connectivity index is 1.39. The van der Waals surface area contributed by atoms with Gasteiger partial charge >= 0.3 is 0 Å². The molecule has 0 aliphatic heterocycles. The van der Waals surface area contributed by atoms with E-state index in [0.29, 0.717) is 11.1 Å². The van der Waals surface area contributed by atoms with Crippen molar-refractivity contribution in [2.75, 3.05) is 0 Å². The van der Waals surface area contributed by atoms with Crippen molar-refractivity contribution in [2.24, 2.45) is 0 Å². The van der Waals surface area contributed by atoms with Crippen LogP contribution in [0.4, 0.5) is 0 Å². The molecule has 2 heteroatoms. The maximum Gasteiger partial charge on any atom is 0.143 e. The highest BCUT2D eigenvalue weighted by molar-refractivity contribution is 9.10. The van der Waals surface area contributed by atoms with Crippen LogP contribution < -0.4 is 0 Å². The molecule has 0 saturated heterocycles. The lowest BCUT2D eigenvalue weighted by molar-refractivity contribution is 0.672. The van der Waals surface area contributed by atoms with E-state index in [0.717, 1.165) is 43.8 Å². The Morgan fingerprint density at radius 1 is 0.526 bits per heavy atom. The normalized spacial score (nSPS) is 14.8. The number of hydrogen-bond acceptors (Lipinski definition) is 1. The number of fused-ring (bicyclic) bond motifs is 7. The summed E-state index contributed by atoms with van der Waals surface area (Å²) in [5.74, 6) is 0. The van der Waals surface area contributed by atoms with E-state index in [4.69, 9.17) is 15.4 Å². The van der Waals surface area contributed by atoms with Crippen molar-refractivity contribution in [3.8, 4) is 22.3 Å². The number of benzene rings is 7. The second-order valence-corrected chi connectivity index (χ2v) is 10.0. The summed E-state index contributed by atoms with van der Waals surface area (Å²) in [6.45, 7) is 0. The van der Waals surface area contributed by atoms with Crippen LogP contribution in [0.25, 0.3) is 76.5 Å². The van der Waals surface area contributed by atoms with Gasteiger partial charge in [0.05, 0.1) is 11.0 Å². The average molecular weight is 558 g/mol. The molecule has 7 aromatic carbocycles. The first kappa shape index (κ1) is 15.1. The van der Waals surface area contributed by atoms with E-state index in [1.165, 1.54) is 0 Å². The van der Waals surface area contributed by atoms with Gasteiger partial charge in [-0.1, -0.05) is 109 Å². The minimum atomic E-state index is -0.422. The minimum Gasteiger partial charge on any atom is -0.455 e. The van der Waals surface area contributed by atoms with Gasteiger partial charge in [-0.2, -0.15) is 0 Å². The van der Waals surface area contributed by atoms with E-state index in [-0.39, 0.29) is 50.2 Å². The van der Waals surface area contributed by atoms with Crippen LogP contribution in [0, 0.1) is 0 Å². The Bertz CT molecular complexity index is 2550. The smallest absolute Gasteiger partial charge is 0.143 e. The molecule has 0 bridgehead atoms. The molecule has 0 aliphatic carbocycles. The van der Waals surface area contributed by atoms with Gasteiger partial charge in [-0.3, -0.25) is 0 Å². The fourth-order valence-electron chi connectivity index (χ4n) is 5.38. The van der Waals surface area contributed by atoms with Crippen LogP contribution in [0.15, 0.2) is 136 Å². The van der Waals surface area contributed by atoms with E-state index in [1.807, 2.05) is 60.7 Å². The molecule has 1 aromatic heterocycles. The zero-order chi connectivity index (χ0) is 32.2. The van der Waals surface area contributed by atoms with E-state index in [1.54, 1.807) is 0 Å². The molecule has 0 spiro atoms. The summed E-state index contributed by atoms with van der Waals surface area (Å²) < 4.78 is 75.0. The predicted octanol–water partition coefficient (Wildman–Crippen LogP) is 11.1. The number of halogens is 1. The summed E-state index contributed by atoms with van der Waals surface area (Å²) in [5.41, 5.74) is 4.36. The van der Waals surface area contributed by atoms with E-state index < -0.39 is 24.2 Å². The summed E-state index contributed by atoms with van der Waals surface area (Å²) in [4.78, 5) is 0. The first-order chi connectivity index (χ1) is 22.1. The van der Waals surface area contributed by atoms with Crippen LogP contribution in [-0.2, 0) is 0 Å². The molecule has 0 N–H and O–H groups in total. The van der Waals surface area contributed by atoms with Crippen LogP contribution >= 0.6 is 15.9 Å². The summed E-state index contributed by atoms with van der Waals surface area (Å²) in [7, 11) is 0. The first-order valence-corrected chi connectivity index (χ1v) is 12.9. The quantitative estimate of drug-likeness (QED) is 0.193. The zero-order valence-corrected chi connectivity index (χ0v) is 21.4. The van der Waals surface area contributed by atoms with Crippen LogP contribution in [0.2, 0.25) is 0 Å². The zero-order valence-electron chi connectivity index (χ0n) is 27.8. The van der Waals surface area contributed by atoms with Crippen LogP contribution in [0.5, 0.6) is 0 Å². The molecule has 38 heavy (non-hydrogen) atoms. The maximum absolute atomic E-state index is 8.85. The molecule has 8 rings (SSSR count). The fraction of sp³-hybridized carbons (Fsp3) is 0. The predicted molar refractivity (Wildman–Crippen MR) is 165 cm³/mol. The maximum atomic E-state index is 8.85. The van der Waals surface area contributed by atoms with Gasteiger partial charge in [-0.15, -0.1) is 0 Å². The van der Waals surface area contributed by atoms with Crippen molar-refractivity contribution < 1.29 is 15.4 Å². The lowest BCUT2D eigenvalue weighted by Gasteiger charge is -2.15. The van der Waals surface area contributed by atoms with Crippen LogP contribution in [0.1, 0.15) is 11.0 Å². The van der Waals surface area contributed by atoms with Gasteiger partial charge in [0, 0.05) is 20.6 Å².